The fraction of sp³-hybridized carbons (Fsp3) is 0.333. The summed E-state index contributed by atoms with van der Waals surface area (Å²) >= 11 is 5.28. The summed E-state index contributed by atoms with van der Waals surface area (Å²) in [6.07, 6.45) is 0.931. The number of hydrogen-bond donors (Lipinski definition) is 1. The third-order valence-corrected chi connectivity index (χ3v) is 4.79. The Morgan fingerprint density at radius 3 is 2.74 bits per heavy atom. The number of ether oxygens (including phenoxy) is 1. The van der Waals surface area contributed by atoms with E-state index in [1.807, 2.05) is 0 Å². The van der Waals surface area contributed by atoms with Crippen LogP contribution < -0.4 is 5.32 Å². The molecule has 2 aromatic rings. The SMILES string of the molecule is COCCc1ccccc1NC(C)c1ccc(Br)s1. The summed E-state index contributed by atoms with van der Waals surface area (Å²) in [5, 5.41) is 3.58. The van der Waals surface area contributed by atoms with E-state index in [0.717, 1.165) is 13.0 Å². The van der Waals surface area contributed by atoms with Gasteiger partial charge in [-0.1, -0.05) is 18.2 Å². The normalized spacial score (nSPS) is 12.4. The quantitative estimate of drug-likeness (QED) is 0.810. The number of halogens is 1. The first-order valence-electron chi connectivity index (χ1n) is 6.29. The largest absolute Gasteiger partial charge is 0.384 e. The van der Waals surface area contributed by atoms with Crippen molar-refractivity contribution in [2.45, 2.75) is 19.4 Å². The second kappa shape index (κ2) is 7.08. The van der Waals surface area contributed by atoms with Gasteiger partial charge in [-0.25, -0.2) is 0 Å². The van der Waals surface area contributed by atoms with Crippen LogP contribution >= 0.6 is 27.3 Å². The number of para-hydroxylation sites is 1. The van der Waals surface area contributed by atoms with Crippen molar-refractivity contribution in [2.75, 3.05) is 19.0 Å². The number of anilines is 1. The van der Waals surface area contributed by atoms with Gasteiger partial charge in [0.2, 0.25) is 0 Å². The number of methoxy groups -OCH3 is 1. The summed E-state index contributed by atoms with van der Waals surface area (Å²) in [6, 6.07) is 13.0. The molecule has 0 spiro atoms. The molecular weight excluding hydrogens is 322 g/mol. The molecule has 1 aromatic carbocycles. The highest BCUT2D eigenvalue weighted by Crippen LogP contribution is 2.30. The molecule has 1 N–H and O–H groups in total. The van der Waals surface area contributed by atoms with E-state index in [4.69, 9.17) is 4.74 Å². The standard InChI is InChI=1S/C15H18BrNOS/c1-11(14-7-8-15(16)19-14)17-13-6-4-3-5-12(13)9-10-18-2/h3-8,11,17H,9-10H2,1-2H3. The highest BCUT2D eigenvalue weighted by Gasteiger charge is 2.10. The molecule has 0 radical (unpaired) electrons. The maximum atomic E-state index is 5.16. The zero-order valence-electron chi connectivity index (χ0n) is 11.2. The Labute approximate surface area is 126 Å². The molecule has 0 saturated carbocycles. The molecule has 2 rings (SSSR count). The molecule has 0 fully saturated rings. The van der Waals surface area contributed by atoms with Crippen LogP contribution in [-0.4, -0.2) is 13.7 Å². The van der Waals surface area contributed by atoms with Gasteiger partial charge < -0.3 is 10.1 Å². The fourth-order valence-corrected chi connectivity index (χ4v) is 3.38. The maximum Gasteiger partial charge on any atom is 0.0702 e. The number of thiophene rings is 1. The van der Waals surface area contributed by atoms with E-state index < -0.39 is 0 Å². The Morgan fingerprint density at radius 2 is 2.05 bits per heavy atom. The van der Waals surface area contributed by atoms with Crippen LogP contribution in [-0.2, 0) is 11.2 Å². The van der Waals surface area contributed by atoms with Gasteiger partial charge in [-0.05, 0) is 53.0 Å². The average Bonchev–Trinajstić information content (AvgIpc) is 2.84. The van der Waals surface area contributed by atoms with E-state index in [-0.39, 0.29) is 0 Å². The maximum absolute atomic E-state index is 5.16. The Kier molecular flexibility index (Phi) is 5.43. The Hall–Kier alpha value is -0.840. The third-order valence-electron chi connectivity index (χ3n) is 2.99. The van der Waals surface area contributed by atoms with Crippen LogP contribution in [0.15, 0.2) is 40.2 Å². The average molecular weight is 340 g/mol. The monoisotopic (exact) mass is 339 g/mol. The summed E-state index contributed by atoms with van der Waals surface area (Å²) in [7, 11) is 1.74. The topological polar surface area (TPSA) is 21.3 Å². The van der Waals surface area contributed by atoms with E-state index in [0.29, 0.717) is 6.04 Å². The molecule has 0 aliphatic carbocycles. The zero-order chi connectivity index (χ0) is 13.7. The third kappa shape index (κ3) is 4.06. The van der Waals surface area contributed by atoms with E-state index in [1.54, 1.807) is 18.4 Å². The number of benzene rings is 1. The second-order valence-electron chi connectivity index (χ2n) is 4.41. The molecule has 0 bridgehead atoms. The lowest BCUT2D eigenvalue weighted by atomic mass is 10.1. The van der Waals surface area contributed by atoms with Gasteiger partial charge in [-0.15, -0.1) is 11.3 Å². The highest BCUT2D eigenvalue weighted by molar-refractivity contribution is 9.11. The molecule has 4 heteroatoms. The van der Waals surface area contributed by atoms with Crippen molar-refractivity contribution >= 4 is 33.0 Å². The smallest absolute Gasteiger partial charge is 0.0702 e. The van der Waals surface area contributed by atoms with E-state index in [1.165, 1.54) is 19.9 Å². The molecule has 1 unspecified atom stereocenters. The van der Waals surface area contributed by atoms with Crippen LogP contribution in [0.4, 0.5) is 5.69 Å². The van der Waals surface area contributed by atoms with Gasteiger partial charge in [0.05, 0.1) is 16.4 Å². The minimum absolute atomic E-state index is 0.306. The summed E-state index contributed by atoms with van der Waals surface area (Å²) in [5.74, 6) is 0. The molecule has 1 aromatic heterocycles. The van der Waals surface area contributed by atoms with Crippen LogP contribution in [0.3, 0.4) is 0 Å². The van der Waals surface area contributed by atoms with Crippen molar-refractivity contribution in [3.05, 3.63) is 50.6 Å². The minimum atomic E-state index is 0.306. The van der Waals surface area contributed by atoms with Gasteiger partial charge in [-0.3, -0.25) is 0 Å². The van der Waals surface area contributed by atoms with Gasteiger partial charge in [0.15, 0.2) is 0 Å². The van der Waals surface area contributed by atoms with Crippen LogP contribution in [0.5, 0.6) is 0 Å². The van der Waals surface area contributed by atoms with E-state index in [2.05, 4.69) is 64.6 Å². The Bertz CT molecular complexity index is 526. The van der Waals surface area contributed by atoms with Crippen LogP contribution in [0.1, 0.15) is 23.4 Å². The molecule has 0 aliphatic rings. The molecule has 0 saturated heterocycles. The van der Waals surface area contributed by atoms with Gasteiger partial charge >= 0.3 is 0 Å². The van der Waals surface area contributed by atoms with E-state index >= 15 is 0 Å². The fourth-order valence-electron chi connectivity index (χ4n) is 1.96. The molecule has 0 aliphatic heterocycles. The predicted molar refractivity (Wildman–Crippen MR) is 86.1 cm³/mol. The van der Waals surface area contributed by atoms with Crippen molar-refractivity contribution in [3.8, 4) is 0 Å². The predicted octanol–water partition coefficient (Wildman–Crippen LogP) is 4.87. The van der Waals surface area contributed by atoms with Crippen molar-refractivity contribution in [2.24, 2.45) is 0 Å². The van der Waals surface area contributed by atoms with Gasteiger partial charge in [-0.2, -0.15) is 0 Å². The molecular formula is C15H18BrNOS. The summed E-state index contributed by atoms with van der Waals surface area (Å²) in [5.41, 5.74) is 2.49. The highest BCUT2D eigenvalue weighted by atomic mass is 79.9. The lowest BCUT2D eigenvalue weighted by Crippen LogP contribution is -2.08. The summed E-state index contributed by atoms with van der Waals surface area (Å²) in [4.78, 5) is 1.33. The Balaban J connectivity index is 2.09. The summed E-state index contributed by atoms with van der Waals surface area (Å²) < 4.78 is 6.33. The van der Waals surface area contributed by atoms with Crippen molar-refractivity contribution < 1.29 is 4.74 Å². The molecule has 1 atom stereocenters. The van der Waals surface area contributed by atoms with Crippen LogP contribution in [0, 0.1) is 0 Å². The van der Waals surface area contributed by atoms with E-state index in [9.17, 15) is 0 Å². The zero-order valence-corrected chi connectivity index (χ0v) is 13.6. The van der Waals surface area contributed by atoms with Crippen LogP contribution in [0.2, 0.25) is 0 Å². The van der Waals surface area contributed by atoms with Crippen molar-refractivity contribution in [1.29, 1.82) is 0 Å². The second-order valence-corrected chi connectivity index (χ2v) is 6.90. The molecule has 102 valence electrons. The molecule has 2 nitrogen and oxygen atoms in total. The Morgan fingerprint density at radius 1 is 1.26 bits per heavy atom. The van der Waals surface area contributed by atoms with Gasteiger partial charge in [0, 0.05) is 17.7 Å². The molecule has 1 heterocycles. The van der Waals surface area contributed by atoms with Crippen molar-refractivity contribution in [3.63, 3.8) is 0 Å². The van der Waals surface area contributed by atoms with Gasteiger partial charge in [0.25, 0.3) is 0 Å². The lowest BCUT2D eigenvalue weighted by molar-refractivity contribution is 0.202. The first-order chi connectivity index (χ1) is 9.20. The first kappa shape index (κ1) is 14.6. The van der Waals surface area contributed by atoms with Gasteiger partial charge in [0.1, 0.15) is 0 Å². The van der Waals surface area contributed by atoms with Crippen LogP contribution in [0.25, 0.3) is 0 Å². The van der Waals surface area contributed by atoms with Crippen molar-refractivity contribution in [1.82, 2.24) is 0 Å². The number of hydrogen-bond acceptors (Lipinski definition) is 3. The number of nitrogens with one attached hydrogen (secondary N) is 1. The minimum Gasteiger partial charge on any atom is -0.384 e. The number of rotatable bonds is 6. The summed E-state index contributed by atoms with van der Waals surface area (Å²) in [6.45, 7) is 2.93. The molecule has 19 heavy (non-hydrogen) atoms. The molecule has 0 amide bonds. The first-order valence-corrected chi connectivity index (χ1v) is 7.90. The lowest BCUT2D eigenvalue weighted by Gasteiger charge is -2.17.